The molecule has 1 aliphatic carbocycles. The zero-order valence-corrected chi connectivity index (χ0v) is 11.0. The van der Waals surface area contributed by atoms with Crippen LogP contribution in [0.15, 0.2) is 0 Å². The molecular weight excluding hydrogens is 186 g/mol. The molecule has 0 aromatic heterocycles. The Morgan fingerprint density at radius 1 is 1.27 bits per heavy atom. The molecule has 1 amide bonds. The van der Waals surface area contributed by atoms with E-state index in [0.29, 0.717) is 11.5 Å². The number of hydrogen-bond acceptors (Lipinski definition) is 1. The van der Waals surface area contributed by atoms with Crippen LogP contribution in [0.2, 0.25) is 0 Å². The zero-order chi connectivity index (χ0) is 11.9. The molecule has 0 aromatic rings. The average Bonchev–Trinajstić information content (AvgIpc) is 2.09. The van der Waals surface area contributed by atoms with Gasteiger partial charge in [0.1, 0.15) is 0 Å². The fourth-order valence-corrected chi connectivity index (χ4v) is 1.83. The van der Waals surface area contributed by atoms with Crippen LogP contribution in [0, 0.1) is 5.41 Å². The van der Waals surface area contributed by atoms with Crippen LogP contribution in [0.25, 0.3) is 0 Å². The summed E-state index contributed by atoms with van der Waals surface area (Å²) in [6.45, 7) is 10.5. The van der Waals surface area contributed by atoms with Gasteiger partial charge in [-0.25, -0.2) is 0 Å². The Kier molecular flexibility index (Phi) is 6.62. The van der Waals surface area contributed by atoms with Crippen LogP contribution in [-0.2, 0) is 4.79 Å². The van der Waals surface area contributed by atoms with Crippen molar-refractivity contribution in [1.82, 2.24) is 5.32 Å². The summed E-state index contributed by atoms with van der Waals surface area (Å²) < 4.78 is 0. The Labute approximate surface area is 94.8 Å². The Balaban J connectivity index is 0.000000583. The third kappa shape index (κ3) is 7.40. The van der Waals surface area contributed by atoms with Crippen molar-refractivity contribution in [3.63, 3.8) is 0 Å². The highest BCUT2D eigenvalue weighted by molar-refractivity contribution is 5.73. The SMILES string of the molecule is CC(=O)NC1CCC(C)(C)CC1.CCC. The van der Waals surface area contributed by atoms with Crippen molar-refractivity contribution in [2.75, 3.05) is 0 Å². The largest absolute Gasteiger partial charge is 0.354 e. The lowest BCUT2D eigenvalue weighted by Gasteiger charge is -2.34. The number of carbonyl (C=O) groups is 1. The molecule has 0 atom stereocenters. The topological polar surface area (TPSA) is 29.1 Å². The van der Waals surface area contributed by atoms with E-state index in [0.717, 1.165) is 12.8 Å². The Hall–Kier alpha value is -0.530. The van der Waals surface area contributed by atoms with Crippen molar-refractivity contribution in [3.05, 3.63) is 0 Å². The van der Waals surface area contributed by atoms with Gasteiger partial charge in [-0.05, 0) is 31.1 Å². The molecule has 0 spiro atoms. The lowest BCUT2D eigenvalue weighted by atomic mass is 9.75. The Bertz CT molecular complexity index is 177. The molecule has 0 radical (unpaired) electrons. The lowest BCUT2D eigenvalue weighted by Crippen LogP contribution is -2.37. The van der Waals surface area contributed by atoms with Crippen molar-refractivity contribution >= 4 is 5.91 Å². The summed E-state index contributed by atoms with van der Waals surface area (Å²) in [6, 6.07) is 0.440. The van der Waals surface area contributed by atoms with Crippen LogP contribution in [0.5, 0.6) is 0 Å². The smallest absolute Gasteiger partial charge is 0.217 e. The fourth-order valence-electron chi connectivity index (χ4n) is 1.83. The highest BCUT2D eigenvalue weighted by Crippen LogP contribution is 2.34. The van der Waals surface area contributed by atoms with Gasteiger partial charge in [-0.1, -0.05) is 34.1 Å². The predicted molar refractivity (Wildman–Crippen MR) is 65.8 cm³/mol. The van der Waals surface area contributed by atoms with Gasteiger partial charge in [0.15, 0.2) is 0 Å². The van der Waals surface area contributed by atoms with Gasteiger partial charge in [0.2, 0.25) is 5.91 Å². The standard InChI is InChI=1S/C10H19NO.C3H8/c1-8(12)11-9-4-6-10(2,3)7-5-9;1-3-2/h9H,4-7H2,1-3H3,(H,11,12);3H2,1-2H3. The van der Waals surface area contributed by atoms with Gasteiger partial charge in [-0.15, -0.1) is 0 Å². The molecule has 1 aliphatic rings. The van der Waals surface area contributed by atoms with E-state index in [1.807, 2.05) is 0 Å². The second kappa shape index (κ2) is 6.86. The Morgan fingerprint density at radius 3 is 2.00 bits per heavy atom. The number of hydrogen-bond donors (Lipinski definition) is 1. The Morgan fingerprint density at radius 2 is 1.67 bits per heavy atom. The molecule has 0 heterocycles. The van der Waals surface area contributed by atoms with Gasteiger partial charge in [0, 0.05) is 13.0 Å². The molecule has 2 nitrogen and oxygen atoms in total. The molecule has 1 N–H and O–H groups in total. The van der Waals surface area contributed by atoms with Crippen molar-refractivity contribution in [2.45, 2.75) is 72.8 Å². The van der Waals surface area contributed by atoms with Crippen molar-refractivity contribution < 1.29 is 4.79 Å². The minimum Gasteiger partial charge on any atom is -0.354 e. The van der Waals surface area contributed by atoms with E-state index in [1.165, 1.54) is 19.3 Å². The van der Waals surface area contributed by atoms with E-state index in [-0.39, 0.29) is 5.91 Å². The first kappa shape index (κ1) is 14.5. The van der Waals surface area contributed by atoms with Crippen LogP contribution < -0.4 is 5.32 Å². The van der Waals surface area contributed by atoms with E-state index in [1.54, 1.807) is 6.92 Å². The summed E-state index contributed by atoms with van der Waals surface area (Å²) in [5, 5.41) is 2.98. The summed E-state index contributed by atoms with van der Waals surface area (Å²) in [6.07, 6.45) is 6.01. The van der Waals surface area contributed by atoms with Gasteiger partial charge < -0.3 is 5.32 Å². The van der Waals surface area contributed by atoms with Gasteiger partial charge in [0.25, 0.3) is 0 Å². The van der Waals surface area contributed by atoms with E-state index in [2.05, 4.69) is 33.0 Å². The maximum absolute atomic E-state index is 10.8. The number of carbonyl (C=O) groups excluding carboxylic acids is 1. The molecule has 1 saturated carbocycles. The molecule has 0 aliphatic heterocycles. The first-order valence-corrected chi connectivity index (χ1v) is 6.18. The first-order valence-electron chi connectivity index (χ1n) is 6.18. The zero-order valence-electron chi connectivity index (χ0n) is 11.0. The van der Waals surface area contributed by atoms with Crippen molar-refractivity contribution in [2.24, 2.45) is 5.41 Å². The third-order valence-electron chi connectivity index (χ3n) is 2.75. The quantitative estimate of drug-likeness (QED) is 0.709. The van der Waals surface area contributed by atoms with Crippen LogP contribution in [0.1, 0.15) is 66.7 Å². The maximum atomic E-state index is 10.8. The van der Waals surface area contributed by atoms with Gasteiger partial charge in [-0.3, -0.25) is 4.79 Å². The van der Waals surface area contributed by atoms with Gasteiger partial charge in [0.05, 0.1) is 0 Å². The molecule has 0 aromatic carbocycles. The first-order chi connectivity index (χ1) is 6.91. The van der Waals surface area contributed by atoms with Crippen molar-refractivity contribution in [1.29, 1.82) is 0 Å². The molecule has 15 heavy (non-hydrogen) atoms. The molecule has 1 rings (SSSR count). The summed E-state index contributed by atoms with van der Waals surface area (Å²) >= 11 is 0. The molecule has 0 saturated heterocycles. The molecular formula is C13H27NO. The van der Waals surface area contributed by atoms with Crippen LogP contribution >= 0.6 is 0 Å². The van der Waals surface area contributed by atoms with Crippen LogP contribution in [0.4, 0.5) is 0 Å². The third-order valence-corrected chi connectivity index (χ3v) is 2.75. The van der Waals surface area contributed by atoms with Crippen molar-refractivity contribution in [3.8, 4) is 0 Å². The maximum Gasteiger partial charge on any atom is 0.217 e. The van der Waals surface area contributed by atoms with E-state index < -0.39 is 0 Å². The number of rotatable bonds is 1. The van der Waals surface area contributed by atoms with Gasteiger partial charge in [-0.2, -0.15) is 0 Å². The molecule has 90 valence electrons. The highest BCUT2D eigenvalue weighted by atomic mass is 16.1. The average molecular weight is 213 g/mol. The fraction of sp³-hybridized carbons (Fsp3) is 0.923. The van der Waals surface area contributed by atoms with E-state index in [4.69, 9.17) is 0 Å². The second-order valence-corrected chi connectivity index (χ2v) is 5.35. The molecule has 1 fully saturated rings. The predicted octanol–water partition coefficient (Wildman–Crippen LogP) is 3.51. The summed E-state index contributed by atoms with van der Waals surface area (Å²) in [4.78, 5) is 10.8. The van der Waals surface area contributed by atoms with Crippen LogP contribution in [0.3, 0.4) is 0 Å². The monoisotopic (exact) mass is 213 g/mol. The number of amides is 1. The summed E-state index contributed by atoms with van der Waals surface area (Å²) in [5.74, 6) is 0.111. The second-order valence-electron chi connectivity index (χ2n) is 5.35. The normalized spacial score (nSPS) is 20.1. The minimum atomic E-state index is 0.111. The summed E-state index contributed by atoms with van der Waals surface area (Å²) in [5.41, 5.74) is 0.495. The van der Waals surface area contributed by atoms with E-state index in [9.17, 15) is 4.79 Å². The molecule has 2 heteroatoms. The summed E-state index contributed by atoms with van der Waals surface area (Å²) in [7, 11) is 0. The highest BCUT2D eigenvalue weighted by Gasteiger charge is 2.26. The van der Waals surface area contributed by atoms with Crippen LogP contribution in [-0.4, -0.2) is 11.9 Å². The van der Waals surface area contributed by atoms with E-state index >= 15 is 0 Å². The minimum absolute atomic E-state index is 0.111. The molecule has 0 unspecified atom stereocenters. The molecule has 0 bridgehead atoms. The van der Waals surface area contributed by atoms with Gasteiger partial charge >= 0.3 is 0 Å². The number of nitrogens with one attached hydrogen (secondary N) is 1. The lowest BCUT2D eigenvalue weighted by molar-refractivity contribution is -0.120.